The first-order valence-corrected chi connectivity index (χ1v) is 7.25. The van der Waals surface area contributed by atoms with Gasteiger partial charge in [-0.1, -0.05) is 13.8 Å². The predicted octanol–water partition coefficient (Wildman–Crippen LogP) is 1.29. The molecule has 1 heterocycles. The number of carboxylic acid groups (broad SMARTS) is 1. The molecule has 2 amide bonds. The molecule has 1 saturated heterocycles. The maximum Gasteiger partial charge on any atom is 0.335 e. The third-order valence-electron chi connectivity index (χ3n) is 3.72. The third-order valence-corrected chi connectivity index (χ3v) is 3.72. The zero-order valence-electron chi connectivity index (χ0n) is 12.9. The smallest absolute Gasteiger partial charge is 0.335 e. The van der Waals surface area contributed by atoms with Gasteiger partial charge in [0.25, 0.3) is 5.91 Å². The molecule has 1 fully saturated rings. The van der Waals surface area contributed by atoms with Crippen LogP contribution in [-0.2, 0) is 4.79 Å². The van der Waals surface area contributed by atoms with E-state index >= 15 is 0 Å². The van der Waals surface area contributed by atoms with Crippen molar-refractivity contribution in [2.45, 2.75) is 26.8 Å². The maximum absolute atomic E-state index is 12.7. The number of hydrogen-bond acceptors (Lipinski definition) is 3. The van der Waals surface area contributed by atoms with Gasteiger partial charge in [0.2, 0.25) is 5.91 Å². The molecule has 1 aliphatic rings. The molecule has 6 heteroatoms. The number of carboxylic acids is 1. The Bertz CT molecular complexity index is 625. The molecule has 6 nitrogen and oxygen atoms in total. The highest BCUT2D eigenvalue weighted by molar-refractivity contribution is 6.00. The van der Waals surface area contributed by atoms with Crippen LogP contribution in [0.4, 0.5) is 0 Å². The summed E-state index contributed by atoms with van der Waals surface area (Å²) in [5, 5.41) is 11.9. The van der Waals surface area contributed by atoms with Gasteiger partial charge in [-0.15, -0.1) is 0 Å². The van der Waals surface area contributed by atoms with E-state index in [0.717, 1.165) is 0 Å². The van der Waals surface area contributed by atoms with Crippen LogP contribution in [-0.4, -0.2) is 46.9 Å². The van der Waals surface area contributed by atoms with Crippen LogP contribution in [0.2, 0.25) is 0 Å². The average Bonchev–Trinajstić information content (AvgIpc) is 2.45. The summed E-state index contributed by atoms with van der Waals surface area (Å²) in [5.74, 6) is -1.57. The zero-order chi connectivity index (χ0) is 16.4. The van der Waals surface area contributed by atoms with Crippen LogP contribution >= 0.6 is 0 Å². The Balaban J connectivity index is 2.37. The summed E-state index contributed by atoms with van der Waals surface area (Å²) < 4.78 is 0. The van der Waals surface area contributed by atoms with E-state index in [4.69, 9.17) is 5.11 Å². The van der Waals surface area contributed by atoms with E-state index in [1.165, 1.54) is 17.0 Å². The largest absolute Gasteiger partial charge is 0.478 e. The molecule has 1 aromatic carbocycles. The Kier molecular flexibility index (Phi) is 4.49. The minimum Gasteiger partial charge on any atom is -0.478 e. The lowest BCUT2D eigenvalue weighted by atomic mass is 9.97. The van der Waals surface area contributed by atoms with Crippen molar-refractivity contribution in [3.8, 4) is 0 Å². The number of hydrogen-bond donors (Lipinski definition) is 2. The highest BCUT2D eigenvalue weighted by Crippen LogP contribution is 2.19. The van der Waals surface area contributed by atoms with Crippen molar-refractivity contribution < 1.29 is 19.5 Å². The lowest BCUT2D eigenvalue weighted by molar-refractivity contribution is -0.129. The minimum atomic E-state index is -1.07. The number of benzene rings is 1. The molecular weight excluding hydrogens is 284 g/mol. The Morgan fingerprint density at radius 2 is 1.91 bits per heavy atom. The van der Waals surface area contributed by atoms with Crippen LogP contribution in [0.25, 0.3) is 0 Å². The standard InChI is InChI=1S/C16H20N2O4/c1-9(2)13-14(19)17-4-5-18(13)15(20)11-6-10(3)7-12(8-11)16(21)22/h6-9,13H,4-5H2,1-3H3,(H,17,19)(H,21,22). The van der Waals surface area contributed by atoms with Gasteiger partial charge in [-0.2, -0.15) is 0 Å². The molecule has 0 bridgehead atoms. The summed E-state index contributed by atoms with van der Waals surface area (Å²) in [6.07, 6.45) is 0. The van der Waals surface area contributed by atoms with E-state index < -0.39 is 12.0 Å². The van der Waals surface area contributed by atoms with E-state index in [0.29, 0.717) is 24.2 Å². The summed E-state index contributed by atoms with van der Waals surface area (Å²) >= 11 is 0. The maximum atomic E-state index is 12.7. The van der Waals surface area contributed by atoms with Crippen LogP contribution in [0, 0.1) is 12.8 Å². The molecule has 2 N–H and O–H groups in total. The van der Waals surface area contributed by atoms with Crippen molar-refractivity contribution in [3.05, 3.63) is 34.9 Å². The highest BCUT2D eigenvalue weighted by atomic mass is 16.4. The quantitative estimate of drug-likeness (QED) is 0.881. The molecule has 2 rings (SSSR count). The number of rotatable bonds is 3. The van der Waals surface area contributed by atoms with Gasteiger partial charge in [-0.05, 0) is 36.6 Å². The molecule has 0 spiro atoms. The summed E-state index contributed by atoms with van der Waals surface area (Å²) in [6, 6.07) is 4.00. The van der Waals surface area contributed by atoms with Gasteiger partial charge in [-0.25, -0.2) is 4.79 Å². The highest BCUT2D eigenvalue weighted by Gasteiger charge is 2.35. The second-order valence-electron chi connectivity index (χ2n) is 5.87. The van der Waals surface area contributed by atoms with Gasteiger partial charge < -0.3 is 15.3 Å². The molecule has 1 unspecified atom stereocenters. The molecule has 0 aromatic heterocycles. The predicted molar refractivity (Wildman–Crippen MR) is 80.8 cm³/mol. The van der Waals surface area contributed by atoms with Gasteiger partial charge in [0.05, 0.1) is 5.56 Å². The second-order valence-corrected chi connectivity index (χ2v) is 5.87. The number of carbonyl (C=O) groups is 3. The Labute approximate surface area is 129 Å². The number of amides is 2. The van der Waals surface area contributed by atoms with Crippen LogP contribution in [0.5, 0.6) is 0 Å². The van der Waals surface area contributed by atoms with Crippen molar-refractivity contribution in [2.75, 3.05) is 13.1 Å². The number of nitrogens with one attached hydrogen (secondary N) is 1. The first-order chi connectivity index (χ1) is 10.3. The fourth-order valence-corrected chi connectivity index (χ4v) is 2.77. The van der Waals surface area contributed by atoms with Crippen molar-refractivity contribution in [3.63, 3.8) is 0 Å². The van der Waals surface area contributed by atoms with Crippen LogP contribution in [0.15, 0.2) is 18.2 Å². The molecule has 1 atom stereocenters. The van der Waals surface area contributed by atoms with E-state index in [-0.39, 0.29) is 23.3 Å². The van der Waals surface area contributed by atoms with Crippen molar-refractivity contribution in [1.82, 2.24) is 10.2 Å². The summed E-state index contributed by atoms with van der Waals surface area (Å²) in [7, 11) is 0. The van der Waals surface area contributed by atoms with Crippen molar-refractivity contribution in [1.29, 1.82) is 0 Å². The molecule has 0 radical (unpaired) electrons. The fourth-order valence-electron chi connectivity index (χ4n) is 2.77. The number of aryl methyl sites for hydroxylation is 1. The van der Waals surface area contributed by atoms with Gasteiger partial charge in [0.15, 0.2) is 0 Å². The molecule has 22 heavy (non-hydrogen) atoms. The second kappa shape index (κ2) is 6.17. The van der Waals surface area contributed by atoms with Crippen LogP contribution in [0.3, 0.4) is 0 Å². The number of carbonyl (C=O) groups excluding carboxylic acids is 2. The molecular formula is C16H20N2O4. The van der Waals surface area contributed by atoms with E-state index in [9.17, 15) is 14.4 Å². The Morgan fingerprint density at radius 1 is 1.27 bits per heavy atom. The number of piperazine rings is 1. The zero-order valence-corrected chi connectivity index (χ0v) is 12.9. The summed E-state index contributed by atoms with van der Waals surface area (Å²) in [4.78, 5) is 37.4. The normalized spacial score (nSPS) is 18.3. The molecule has 1 aliphatic heterocycles. The lowest BCUT2D eigenvalue weighted by Crippen LogP contribution is -2.59. The van der Waals surface area contributed by atoms with Gasteiger partial charge >= 0.3 is 5.97 Å². The van der Waals surface area contributed by atoms with Crippen LogP contribution < -0.4 is 5.32 Å². The van der Waals surface area contributed by atoms with Gasteiger partial charge in [0, 0.05) is 18.7 Å². The monoisotopic (exact) mass is 304 g/mol. The summed E-state index contributed by atoms with van der Waals surface area (Å²) in [6.45, 7) is 6.34. The fraction of sp³-hybridized carbons (Fsp3) is 0.438. The van der Waals surface area contributed by atoms with Crippen molar-refractivity contribution >= 4 is 17.8 Å². The first-order valence-electron chi connectivity index (χ1n) is 7.25. The molecule has 1 aromatic rings. The summed E-state index contributed by atoms with van der Waals surface area (Å²) in [5.41, 5.74) is 1.08. The topological polar surface area (TPSA) is 86.7 Å². The van der Waals surface area contributed by atoms with E-state index in [1.807, 2.05) is 13.8 Å². The average molecular weight is 304 g/mol. The molecule has 118 valence electrons. The first kappa shape index (κ1) is 16.0. The van der Waals surface area contributed by atoms with Gasteiger partial charge in [0.1, 0.15) is 6.04 Å². The molecule has 0 saturated carbocycles. The van der Waals surface area contributed by atoms with Gasteiger partial charge in [-0.3, -0.25) is 9.59 Å². The Hall–Kier alpha value is -2.37. The number of aromatic carboxylic acids is 1. The van der Waals surface area contributed by atoms with E-state index in [1.54, 1.807) is 13.0 Å². The third kappa shape index (κ3) is 3.10. The minimum absolute atomic E-state index is 0.0204. The Morgan fingerprint density at radius 3 is 2.50 bits per heavy atom. The lowest BCUT2D eigenvalue weighted by Gasteiger charge is -2.37. The van der Waals surface area contributed by atoms with E-state index in [2.05, 4.69) is 5.32 Å². The number of nitrogens with zero attached hydrogens (tertiary/aromatic N) is 1. The van der Waals surface area contributed by atoms with Crippen molar-refractivity contribution in [2.24, 2.45) is 5.92 Å². The molecule has 0 aliphatic carbocycles. The SMILES string of the molecule is Cc1cc(C(=O)O)cc(C(=O)N2CCNC(=O)C2C(C)C)c1. The van der Waals surface area contributed by atoms with Crippen LogP contribution in [0.1, 0.15) is 40.1 Å².